The molecule has 0 radical (unpaired) electrons. The molecule has 0 bridgehead atoms. The summed E-state index contributed by atoms with van der Waals surface area (Å²) >= 11 is 6.66. The summed E-state index contributed by atoms with van der Waals surface area (Å²) in [6, 6.07) is 22.3. The van der Waals surface area contributed by atoms with Crippen LogP contribution in [0.25, 0.3) is 22.3 Å². The Labute approximate surface area is 258 Å². The van der Waals surface area contributed by atoms with E-state index in [-0.39, 0.29) is 5.82 Å². The minimum Gasteiger partial charge on any atom is -0.386 e. The third-order valence-corrected chi connectivity index (χ3v) is 11.2. The first-order chi connectivity index (χ1) is 20.4. The number of fused-ring (bicyclic) bond motifs is 1. The summed E-state index contributed by atoms with van der Waals surface area (Å²) in [5, 5.41) is 10.5. The van der Waals surface area contributed by atoms with E-state index in [2.05, 4.69) is 9.71 Å². The largest absolute Gasteiger partial charge is 0.386 e. The van der Waals surface area contributed by atoms with Crippen LogP contribution in [0.3, 0.4) is 0 Å². The Balaban J connectivity index is 1.63. The smallest absolute Gasteiger partial charge is 0.215 e. The molecule has 11 heteroatoms. The number of imidazole rings is 1. The van der Waals surface area contributed by atoms with Gasteiger partial charge in [-0.05, 0) is 81.1 Å². The number of aliphatic hydroxyl groups is 1. The van der Waals surface area contributed by atoms with Crippen LogP contribution >= 0.6 is 11.6 Å². The van der Waals surface area contributed by atoms with Crippen LogP contribution in [0.4, 0.5) is 0 Å². The standard InChI is InChI=1S/C32H31ClN4O4S2/c1-20-11-13-22(14-12-20)42(39)37-28-10-6-8-25(27-19-21(17-18-34-27)32(2,3)38)29(28)35-31(37)30(24-7-4-5-9-26(24)33)36-43(40,41)23-15-16-23/h4-14,17-19,23,30,36,38H,15-16H2,1-3H3. The van der Waals surface area contributed by atoms with E-state index in [1.165, 1.54) is 0 Å². The zero-order valence-corrected chi connectivity index (χ0v) is 26.2. The predicted molar refractivity (Wildman–Crippen MR) is 170 cm³/mol. The molecule has 1 fully saturated rings. The molecule has 5 aromatic rings. The number of aryl methyl sites for hydroxylation is 1. The third-order valence-electron chi connectivity index (χ3n) is 7.52. The summed E-state index contributed by atoms with van der Waals surface area (Å²) in [6.07, 6.45) is 2.77. The van der Waals surface area contributed by atoms with E-state index in [4.69, 9.17) is 16.6 Å². The van der Waals surface area contributed by atoms with E-state index in [0.717, 1.165) is 5.56 Å². The van der Waals surface area contributed by atoms with Crippen molar-refractivity contribution in [3.8, 4) is 11.3 Å². The number of sulfonamides is 1. The van der Waals surface area contributed by atoms with Crippen molar-refractivity contribution in [3.05, 3.63) is 113 Å². The summed E-state index contributed by atoms with van der Waals surface area (Å²) in [6.45, 7) is 5.35. The van der Waals surface area contributed by atoms with Crippen LogP contribution in [0.15, 0.2) is 90.0 Å². The van der Waals surface area contributed by atoms with Gasteiger partial charge in [0.1, 0.15) is 11.9 Å². The molecule has 2 unspecified atom stereocenters. The predicted octanol–water partition coefficient (Wildman–Crippen LogP) is 6.03. The molecular weight excluding hydrogens is 604 g/mol. The van der Waals surface area contributed by atoms with Crippen molar-refractivity contribution in [1.82, 2.24) is 18.7 Å². The monoisotopic (exact) mass is 634 g/mol. The van der Waals surface area contributed by atoms with Gasteiger partial charge in [-0.2, -0.15) is 4.72 Å². The highest BCUT2D eigenvalue weighted by atomic mass is 35.5. The zero-order chi connectivity index (χ0) is 30.5. The molecule has 3 aromatic carbocycles. The number of hydrogen-bond acceptors (Lipinski definition) is 6. The lowest BCUT2D eigenvalue weighted by Crippen LogP contribution is -2.34. The first-order valence-electron chi connectivity index (χ1n) is 13.9. The van der Waals surface area contributed by atoms with Gasteiger partial charge >= 0.3 is 0 Å². The number of halogens is 1. The van der Waals surface area contributed by atoms with E-state index < -0.39 is 37.9 Å². The number of nitrogens with zero attached hydrogens (tertiary/aromatic N) is 3. The molecule has 2 N–H and O–H groups in total. The number of pyridine rings is 1. The van der Waals surface area contributed by atoms with Crippen LogP contribution in [0, 0.1) is 6.92 Å². The molecule has 2 atom stereocenters. The molecule has 2 heterocycles. The van der Waals surface area contributed by atoms with Crippen molar-refractivity contribution in [2.75, 3.05) is 0 Å². The van der Waals surface area contributed by atoms with Gasteiger partial charge < -0.3 is 5.11 Å². The van der Waals surface area contributed by atoms with Crippen molar-refractivity contribution in [3.63, 3.8) is 0 Å². The highest BCUT2D eigenvalue weighted by Gasteiger charge is 2.39. The lowest BCUT2D eigenvalue weighted by Gasteiger charge is -2.21. The Morgan fingerprint density at radius 2 is 1.77 bits per heavy atom. The van der Waals surface area contributed by atoms with Crippen LogP contribution < -0.4 is 4.72 Å². The number of hydrogen-bond donors (Lipinski definition) is 2. The Hall–Kier alpha value is -3.41. The van der Waals surface area contributed by atoms with Gasteiger partial charge in [0.05, 0.1) is 32.5 Å². The SMILES string of the molecule is Cc1ccc(S(=O)n2c(C(NS(=O)(=O)C3CC3)c3ccccc3Cl)nc3c(-c4cc(C(C)(C)O)ccn4)cccc32)cc1. The van der Waals surface area contributed by atoms with Crippen molar-refractivity contribution in [1.29, 1.82) is 0 Å². The second-order valence-corrected chi connectivity index (χ2v) is 15.0. The number of nitrogens with one attached hydrogen (secondary N) is 1. The second kappa shape index (κ2) is 11.3. The second-order valence-electron chi connectivity index (χ2n) is 11.3. The minimum absolute atomic E-state index is 0.234. The van der Waals surface area contributed by atoms with E-state index >= 15 is 0 Å². The van der Waals surface area contributed by atoms with E-state index in [0.29, 0.717) is 56.2 Å². The van der Waals surface area contributed by atoms with Crippen molar-refractivity contribution in [2.24, 2.45) is 0 Å². The van der Waals surface area contributed by atoms with Crippen molar-refractivity contribution in [2.45, 2.75) is 55.4 Å². The molecule has 1 aliphatic carbocycles. The highest BCUT2D eigenvalue weighted by molar-refractivity contribution is 7.90. The maximum Gasteiger partial charge on any atom is 0.215 e. The Morgan fingerprint density at radius 3 is 2.44 bits per heavy atom. The molecule has 1 saturated carbocycles. The maximum absolute atomic E-state index is 14.4. The van der Waals surface area contributed by atoms with E-state index in [1.54, 1.807) is 78.6 Å². The van der Waals surface area contributed by atoms with E-state index in [1.807, 2.05) is 31.2 Å². The average molecular weight is 635 g/mol. The topological polar surface area (TPSA) is 114 Å². The number of aromatic nitrogens is 3. The van der Waals surface area contributed by atoms with E-state index in [9.17, 15) is 17.7 Å². The van der Waals surface area contributed by atoms with Crippen LogP contribution in [0.2, 0.25) is 5.02 Å². The lowest BCUT2D eigenvalue weighted by atomic mass is 9.97. The molecule has 0 amide bonds. The third kappa shape index (κ3) is 5.90. The van der Waals surface area contributed by atoms with Crippen molar-refractivity contribution < 1.29 is 17.7 Å². The van der Waals surface area contributed by atoms with Gasteiger partial charge in [0.15, 0.2) is 11.0 Å². The van der Waals surface area contributed by atoms with Gasteiger partial charge in [-0.1, -0.05) is 59.6 Å². The Bertz CT molecular complexity index is 1960. The fraction of sp³-hybridized carbons (Fsp3) is 0.250. The van der Waals surface area contributed by atoms with Gasteiger partial charge in [0.25, 0.3) is 0 Å². The highest BCUT2D eigenvalue weighted by Crippen LogP contribution is 2.37. The van der Waals surface area contributed by atoms with Crippen molar-refractivity contribution >= 4 is 43.6 Å². The number of para-hydroxylation sites is 1. The quantitative estimate of drug-likeness (QED) is 0.205. The zero-order valence-electron chi connectivity index (χ0n) is 23.9. The number of rotatable bonds is 9. The molecule has 6 rings (SSSR count). The van der Waals surface area contributed by atoms with Crippen LogP contribution in [0.5, 0.6) is 0 Å². The first-order valence-corrected chi connectivity index (χ1v) is 16.9. The molecular formula is C32H31ClN4O4S2. The first kappa shape index (κ1) is 29.7. The Morgan fingerprint density at radius 1 is 1.05 bits per heavy atom. The van der Waals surface area contributed by atoms with Gasteiger partial charge in [-0.3, -0.25) is 4.98 Å². The molecule has 2 aromatic heterocycles. The van der Waals surface area contributed by atoms with Crippen LogP contribution in [0.1, 0.15) is 55.2 Å². The normalized spacial score (nSPS) is 15.5. The van der Waals surface area contributed by atoms with Gasteiger partial charge in [0.2, 0.25) is 10.0 Å². The maximum atomic E-state index is 14.4. The summed E-state index contributed by atoms with van der Waals surface area (Å²) in [5.41, 5.74) is 3.31. The summed E-state index contributed by atoms with van der Waals surface area (Å²) in [5.74, 6) is 0.234. The molecule has 0 aliphatic heterocycles. The minimum atomic E-state index is -3.73. The molecule has 8 nitrogen and oxygen atoms in total. The summed E-state index contributed by atoms with van der Waals surface area (Å²) in [4.78, 5) is 10.1. The fourth-order valence-electron chi connectivity index (χ4n) is 4.98. The summed E-state index contributed by atoms with van der Waals surface area (Å²) < 4.78 is 45.6. The molecule has 1 aliphatic rings. The molecule has 0 saturated heterocycles. The lowest BCUT2D eigenvalue weighted by molar-refractivity contribution is 0.0785. The van der Waals surface area contributed by atoms with Crippen LogP contribution in [-0.2, 0) is 26.6 Å². The number of benzene rings is 3. The van der Waals surface area contributed by atoms with Crippen LogP contribution in [-0.4, -0.2) is 36.9 Å². The Kier molecular flexibility index (Phi) is 7.76. The van der Waals surface area contributed by atoms with Gasteiger partial charge in [-0.15, -0.1) is 0 Å². The summed E-state index contributed by atoms with van der Waals surface area (Å²) in [7, 11) is -5.54. The molecule has 222 valence electrons. The molecule has 43 heavy (non-hydrogen) atoms. The average Bonchev–Trinajstić information content (AvgIpc) is 3.77. The van der Waals surface area contributed by atoms with Gasteiger partial charge in [-0.25, -0.2) is 21.6 Å². The van der Waals surface area contributed by atoms with Gasteiger partial charge in [0, 0.05) is 16.8 Å². The molecule has 0 spiro atoms. The fourth-order valence-corrected chi connectivity index (χ4v) is 7.96.